The molecule has 0 saturated carbocycles. The van der Waals surface area contributed by atoms with Crippen LogP contribution in [0.4, 0.5) is 0 Å². The SMILES string of the molecule is CC(C)C[C@@H](C(=O)NN(C(=O)[C@@H](C)N)C(C)C)[C@H](C/C=C/c1ccccc1)C(=O)NO.Cc1ccc(S(=O)(=O)O)cc1. The van der Waals surface area contributed by atoms with Gasteiger partial charge in [0.2, 0.25) is 11.8 Å². The number of benzene rings is 2. The van der Waals surface area contributed by atoms with Crippen molar-refractivity contribution in [2.24, 2.45) is 23.5 Å². The number of aryl methyl sites for hydroxylation is 1. The van der Waals surface area contributed by atoms with Crippen molar-refractivity contribution in [2.75, 3.05) is 0 Å². The number of carbonyl (C=O) groups excluding carboxylic acids is 3. The van der Waals surface area contributed by atoms with Crippen LogP contribution in [0.3, 0.4) is 0 Å². The molecule has 42 heavy (non-hydrogen) atoms. The molecule has 0 aromatic heterocycles. The van der Waals surface area contributed by atoms with E-state index in [2.05, 4.69) is 5.43 Å². The molecule has 0 radical (unpaired) electrons. The molecule has 3 amide bonds. The van der Waals surface area contributed by atoms with Crippen LogP contribution in [0.5, 0.6) is 0 Å². The Hall–Kier alpha value is -3.58. The van der Waals surface area contributed by atoms with E-state index in [0.29, 0.717) is 6.42 Å². The Morgan fingerprint density at radius 2 is 1.50 bits per heavy atom. The Morgan fingerprint density at radius 1 is 0.929 bits per heavy atom. The van der Waals surface area contributed by atoms with Crippen LogP contribution in [0.2, 0.25) is 0 Å². The van der Waals surface area contributed by atoms with Gasteiger partial charge < -0.3 is 5.73 Å². The first-order chi connectivity index (χ1) is 19.6. The Morgan fingerprint density at radius 3 is 1.95 bits per heavy atom. The van der Waals surface area contributed by atoms with Crippen molar-refractivity contribution < 1.29 is 32.6 Å². The van der Waals surface area contributed by atoms with Crippen molar-refractivity contribution in [2.45, 2.75) is 71.4 Å². The normalized spacial score (nSPS) is 13.6. The maximum atomic E-state index is 13.2. The van der Waals surface area contributed by atoms with E-state index in [1.165, 1.54) is 17.1 Å². The first-order valence-corrected chi connectivity index (χ1v) is 15.1. The molecule has 0 fully saturated rings. The summed E-state index contributed by atoms with van der Waals surface area (Å²) in [4.78, 5) is 38.0. The van der Waals surface area contributed by atoms with Gasteiger partial charge >= 0.3 is 0 Å². The summed E-state index contributed by atoms with van der Waals surface area (Å²) in [6.07, 6.45) is 4.32. The number of carbonyl (C=O) groups is 3. The molecule has 0 saturated heterocycles. The lowest BCUT2D eigenvalue weighted by Gasteiger charge is -2.32. The monoisotopic (exact) mass is 604 g/mol. The minimum atomic E-state index is -4.02. The van der Waals surface area contributed by atoms with Gasteiger partial charge in [0.25, 0.3) is 16.0 Å². The summed E-state index contributed by atoms with van der Waals surface area (Å²) in [5, 5.41) is 10.5. The first kappa shape index (κ1) is 36.4. The zero-order valence-corrected chi connectivity index (χ0v) is 25.8. The zero-order valence-electron chi connectivity index (χ0n) is 25.0. The predicted molar refractivity (Wildman–Crippen MR) is 161 cm³/mol. The van der Waals surface area contributed by atoms with Gasteiger partial charge in [-0.05, 0) is 64.2 Å². The van der Waals surface area contributed by atoms with Gasteiger partial charge in [0.1, 0.15) is 0 Å². The zero-order chi connectivity index (χ0) is 32.0. The highest BCUT2D eigenvalue weighted by atomic mass is 32.2. The summed E-state index contributed by atoms with van der Waals surface area (Å²) in [6, 6.07) is 14.5. The maximum absolute atomic E-state index is 13.2. The lowest BCUT2D eigenvalue weighted by molar-refractivity contribution is -0.149. The van der Waals surface area contributed by atoms with Crippen LogP contribution in [0.15, 0.2) is 65.6 Å². The quantitative estimate of drug-likeness (QED) is 0.146. The van der Waals surface area contributed by atoms with Crippen LogP contribution in [-0.4, -0.2) is 53.0 Å². The number of hydroxylamine groups is 1. The molecule has 2 rings (SSSR count). The van der Waals surface area contributed by atoms with Crippen LogP contribution in [0, 0.1) is 24.7 Å². The van der Waals surface area contributed by atoms with Gasteiger partial charge in [0, 0.05) is 6.04 Å². The number of rotatable bonds is 11. The number of hydrogen-bond donors (Lipinski definition) is 5. The first-order valence-electron chi connectivity index (χ1n) is 13.7. The van der Waals surface area contributed by atoms with Crippen molar-refractivity contribution in [1.82, 2.24) is 15.9 Å². The highest BCUT2D eigenvalue weighted by Gasteiger charge is 2.35. The van der Waals surface area contributed by atoms with E-state index < -0.39 is 45.7 Å². The second-order valence-electron chi connectivity index (χ2n) is 10.7. The van der Waals surface area contributed by atoms with Crippen molar-refractivity contribution in [1.29, 1.82) is 0 Å². The number of hydrazine groups is 1. The minimum absolute atomic E-state index is 0.0666. The summed E-state index contributed by atoms with van der Waals surface area (Å²) >= 11 is 0. The number of allylic oxidation sites excluding steroid dienone is 1. The number of nitrogens with two attached hydrogens (primary N) is 1. The van der Waals surface area contributed by atoms with Gasteiger partial charge in [-0.15, -0.1) is 0 Å². The van der Waals surface area contributed by atoms with Gasteiger partial charge in [-0.3, -0.25) is 34.6 Å². The van der Waals surface area contributed by atoms with E-state index in [1.54, 1.807) is 38.4 Å². The van der Waals surface area contributed by atoms with Gasteiger partial charge in [-0.1, -0.05) is 74.0 Å². The largest absolute Gasteiger partial charge is 0.320 e. The molecule has 0 heterocycles. The van der Waals surface area contributed by atoms with Gasteiger partial charge in [-0.25, -0.2) is 5.48 Å². The smallest absolute Gasteiger partial charge is 0.294 e. The van der Waals surface area contributed by atoms with Crippen molar-refractivity contribution in [3.63, 3.8) is 0 Å². The highest BCUT2D eigenvalue weighted by molar-refractivity contribution is 7.85. The molecule has 0 bridgehead atoms. The van der Waals surface area contributed by atoms with Crippen LogP contribution in [-0.2, 0) is 24.5 Å². The molecule has 0 unspecified atom stereocenters. The van der Waals surface area contributed by atoms with E-state index in [1.807, 2.05) is 63.3 Å². The average Bonchev–Trinajstić information content (AvgIpc) is 2.92. The van der Waals surface area contributed by atoms with Crippen LogP contribution < -0.4 is 16.6 Å². The van der Waals surface area contributed by atoms with E-state index >= 15 is 0 Å². The summed E-state index contributed by atoms with van der Waals surface area (Å²) in [7, 11) is -4.02. The molecule has 3 atom stereocenters. The molecule has 2 aromatic carbocycles. The summed E-state index contributed by atoms with van der Waals surface area (Å²) in [6.45, 7) is 10.8. The lowest BCUT2D eigenvalue weighted by Crippen LogP contribution is -2.57. The summed E-state index contributed by atoms with van der Waals surface area (Å²) < 4.78 is 29.6. The molecule has 11 nitrogen and oxygen atoms in total. The van der Waals surface area contributed by atoms with E-state index in [9.17, 15) is 28.0 Å². The number of nitrogens with zero attached hydrogens (tertiary/aromatic N) is 1. The number of amides is 3. The van der Waals surface area contributed by atoms with Gasteiger partial charge in [-0.2, -0.15) is 8.42 Å². The third-order valence-electron chi connectivity index (χ3n) is 6.19. The molecule has 12 heteroatoms. The van der Waals surface area contributed by atoms with E-state index in [0.717, 1.165) is 11.1 Å². The third kappa shape index (κ3) is 12.5. The Balaban J connectivity index is 0.000000666. The summed E-state index contributed by atoms with van der Waals surface area (Å²) in [5.74, 6) is -2.98. The predicted octanol–water partition coefficient (Wildman–Crippen LogP) is 3.73. The summed E-state index contributed by atoms with van der Waals surface area (Å²) in [5.41, 5.74) is 12.0. The van der Waals surface area contributed by atoms with Gasteiger partial charge in [0.15, 0.2) is 0 Å². The molecule has 2 aromatic rings. The third-order valence-corrected chi connectivity index (χ3v) is 7.06. The highest BCUT2D eigenvalue weighted by Crippen LogP contribution is 2.26. The second-order valence-corrected chi connectivity index (χ2v) is 12.1. The fourth-order valence-corrected chi connectivity index (χ4v) is 4.46. The van der Waals surface area contributed by atoms with Crippen molar-refractivity contribution in [3.8, 4) is 0 Å². The fourth-order valence-electron chi connectivity index (χ4n) is 3.98. The Labute approximate surface area is 248 Å². The standard InChI is InChI=1S/C23H36N4O4.C7H8O3S/c1-15(2)14-20(21(28)25-27(16(3)4)23(30)17(5)24)19(22(29)26-31)13-9-12-18-10-7-6-8-11-18;1-6-2-4-7(5-3-6)11(8,9)10/h6-12,15-17,19-20,31H,13-14,24H2,1-5H3,(H,25,28)(H,26,29);2-5H,1H3,(H,8,9,10)/b12-9+;/t17-,19+,20-;/m1./s1. The van der Waals surface area contributed by atoms with Crippen LogP contribution in [0.25, 0.3) is 6.08 Å². The minimum Gasteiger partial charge on any atom is -0.320 e. The molecule has 0 aliphatic heterocycles. The molecular formula is C30H44N4O7S. The average molecular weight is 605 g/mol. The second kappa shape index (κ2) is 17.4. The van der Waals surface area contributed by atoms with E-state index in [-0.39, 0.29) is 23.3 Å². The lowest BCUT2D eigenvalue weighted by atomic mass is 9.82. The Bertz CT molecular complexity index is 1280. The van der Waals surface area contributed by atoms with Crippen molar-refractivity contribution in [3.05, 3.63) is 71.8 Å². The Kier molecular flexibility index (Phi) is 15.1. The van der Waals surface area contributed by atoms with Gasteiger partial charge in [0.05, 0.1) is 22.8 Å². The number of nitrogens with one attached hydrogen (secondary N) is 2. The molecule has 0 aliphatic rings. The van der Waals surface area contributed by atoms with Crippen molar-refractivity contribution >= 4 is 33.9 Å². The topological polar surface area (TPSA) is 179 Å². The number of hydrogen-bond acceptors (Lipinski definition) is 7. The molecule has 232 valence electrons. The van der Waals surface area contributed by atoms with E-state index in [4.69, 9.17) is 10.3 Å². The molecule has 0 spiro atoms. The van der Waals surface area contributed by atoms with Crippen LogP contribution >= 0.6 is 0 Å². The molecule has 6 N–H and O–H groups in total. The van der Waals surface area contributed by atoms with Crippen LogP contribution in [0.1, 0.15) is 58.6 Å². The maximum Gasteiger partial charge on any atom is 0.294 e. The fraction of sp³-hybridized carbons (Fsp3) is 0.433. The molecular weight excluding hydrogens is 560 g/mol. The molecule has 0 aliphatic carbocycles.